The molecule has 1 aromatic rings. The Hall–Kier alpha value is -0.870. The second-order valence-electron chi connectivity index (χ2n) is 4.96. The number of carbonyl (C=O) groups excluding carboxylic acids is 1. The first-order valence-corrected chi connectivity index (χ1v) is 7.20. The van der Waals surface area contributed by atoms with E-state index in [-0.39, 0.29) is 5.91 Å². The van der Waals surface area contributed by atoms with Crippen molar-refractivity contribution < 1.29 is 4.79 Å². The first kappa shape index (κ1) is 11.2. The lowest BCUT2D eigenvalue weighted by molar-refractivity contribution is 0.0660. The number of aryl methyl sites for hydroxylation is 2. The summed E-state index contributed by atoms with van der Waals surface area (Å²) in [6, 6.07) is 2.44. The molecule has 1 aliphatic carbocycles. The molecule has 0 unspecified atom stereocenters. The van der Waals surface area contributed by atoms with Crippen LogP contribution in [-0.4, -0.2) is 36.5 Å². The molecule has 92 valence electrons. The zero-order valence-electron chi connectivity index (χ0n) is 10.2. The van der Waals surface area contributed by atoms with E-state index in [9.17, 15) is 4.79 Å². The lowest BCUT2D eigenvalue weighted by Crippen LogP contribution is -2.52. The Kier molecular flexibility index (Phi) is 2.92. The molecule has 0 radical (unpaired) electrons. The van der Waals surface area contributed by atoms with Crippen molar-refractivity contribution in [1.82, 2.24) is 10.2 Å². The molecule has 3 rings (SSSR count). The van der Waals surface area contributed by atoms with E-state index in [4.69, 9.17) is 0 Å². The number of fused-ring (bicyclic) bond motifs is 1. The van der Waals surface area contributed by atoms with Crippen molar-refractivity contribution >= 4 is 17.2 Å². The summed E-state index contributed by atoms with van der Waals surface area (Å²) >= 11 is 1.71. The lowest BCUT2D eigenvalue weighted by atomic mass is 10.2. The molecular weight excluding hydrogens is 232 g/mol. The van der Waals surface area contributed by atoms with Crippen molar-refractivity contribution in [2.24, 2.45) is 0 Å². The minimum Gasteiger partial charge on any atom is -0.333 e. The van der Waals surface area contributed by atoms with Gasteiger partial charge in [-0.2, -0.15) is 0 Å². The minimum absolute atomic E-state index is 0.235. The van der Waals surface area contributed by atoms with Gasteiger partial charge in [0.2, 0.25) is 0 Å². The van der Waals surface area contributed by atoms with Crippen LogP contribution in [0.2, 0.25) is 0 Å². The van der Waals surface area contributed by atoms with Crippen molar-refractivity contribution in [1.29, 1.82) is 0 Å². The van der Waals surface area contributed by atoms with Crippen molar-refractivity contribution in [3.63, 3.8) is 0 Å². The molecular formula is C13H18N2OS. The summed E-state index contributed by atoms with van der Waals surface area (Å²) in [7, 11) is 0. The van der Waals surface area contributed by atoms with Gasteiger partial charge >= 0.3 is 0 Å². The summed E-state index contributed by atoms with van der Waals surface area (Å²) < 4.78 is 0. The quantitative estimate of drug-likeness (QED) is 0.822. The van der Waals surface area contributed by atoms with Crippen LogP contribution in [0.15, 0.2) is 6.07 Å². The lowest BCUT2D eigenvalue weighted by Gasteiger charge is -2.33. The van der Waals surface area contributed by atoms with Gasteiger partial charge in [0.15, 0.2) is 0 Å². The monoisotopic (exact) mass is 250 g/mol. The van der Waals surface area contributed by atoms with Crippen LogP contribution in [-0.2, 0) is 12.8 Å². The van der Waals surface area contributed by atoms with Crippen LogP contribution in [0.4, 0.5) is 0 Å². The number of hydrogen-bond donors (Lipinski definition) is 1. The van der Waals surface area contributed by atoms with Crippen LogP contribution in [0.5, 0.6) is 0 Å². The van der Waals surface area contributed by atoms with Gasteiger partial charge in [0.25, 0.3) is 5.91 Å². The van der Waals surface area contributed by atoms with Gasteiger partial charge in [-0.3, -0.25) is 4.79 Å². The van der Waals surface area contributed by atoms with E-state index in [0.717, 1.165) is 30.9 Å². The van der Waals surface area contributed by atoms with E-state index in [2.05, 4.69) is 18.3 Å². The van der Waals surface area contributed by atoms with Crippen LogP contribution in [0, 0.1) is 0 Å². The molecule has 3 nitrogen and oxygen atoms in total. The van der Waals surface area contributed by atoms with Gasteiger partial charge in [-0.15, -0.1) is 11.3 Å². The fraction of sp³-hybridized carbons (Fsp3) is 0.615. The first-order chi connectivity index (χ1) is 8.25. The Morgan fingerprint density at radius 2 is 2.41 bits per heavy atom. The zero-order chi connectivity index (χ0) is 11.8. The largest absolute Gasteiger partial charge is 0.333 e. The van der Waals surface area contributed by atoms with Gasteiger partial charge in [0.05, 0.1) is 4.88 Å². The first-order valence-electron chi connectivity index (χ1n) is 6.39. The maximum Gasteiger partial charge on any atom is 0.264 e. The van der Waals surface area contributed by atoms with Crippen LogP contribution in [0.1, 0.15) is 33.5 Å². The minimum atomic E-state index is 0.235. The normalized spacial score (nSPS) is 23.8. The number of hydrogen-bond acceptors (Lipinski definition) is 3. The Labute approximate surface area is 106 Å². The topological polar surface area (TPSA) is 32.3 Å². The molecule has 1 aromatic heterocycles. The van der Waals surface area contributed by atoms with E-state index in [1.54, 1.807) is 11.3 Å². The smallest absolute Gasteiger partial charge is 0.264 e. The summed E-state index contributed by atoms with van der Waals surface area (Å²) in [6.45, 7) is 4.78. The van der Waals surface area contributed by atoms with E-state index < -0.39 is 0 Å². The molecule has 2 aliphatic rings. The average Bonchev–Trinajstić information content (AvgIpc) is 2.88. The van der Waals surface area contributed by atoms with Crippen LogP contribution < -0.4 is 5.32 Å². The second kappa shape index (κ2) is 4.42. The molecule has 0 saturated carbocycles. The summed E-state index contributed by atoms with van der Waals surface area (Å²) in [6.07, 6.45) is 3.60. The highest BCUT2D eigenvalue weighted by Gasteiger charge is 2.26. The molecule has 1 aliphatic heterocycles. The van der Waals surface area contributed by atoms with E-state index >= 15 is 0 Å². The van der Waals surface area contributed by atoms with Crippen LogP contribution in [0.25, 0.3) is 0 Å². The maximum atomic E-state index is 12.4. The molecule has 1 atom stereocenters. The van der Waals surface area contributed by atoms with Crippen molar-refractivity contribution in [2.75, 3.05) is 19.6 Å². The molecule has 1 amide bonds. The fourth-order valence-electron chi connectivity index (χ4n) is 2.72. The second-order valence-corrected chi connectivity index (χ2v) is 6.10. The number of rotatable bonds is 1. The number of thiophene rings is 1. The third-order valence-corrected chi connectivity index (χ3v) is 4.94. The SMILES string of the molecule is C[C@@H]1CNCCN1C(=O)c1cc2c(s1)CCC2. The van der Waals surface area contributed by atoms with Crippen LogP contribution in [0.3, 0.4) is 0 Å². The van der Waals surface area contributed by atoms with E-state index in [1.165, 1.54) is 23.3 Å². The third-order valence-electron chi connectivity index (χ3n) is 3.72. The summed E-state index contributed by atoms with van der Waals surface area (Å²) in [5.74, 6) is 0.235. The Morgan fingerprint density at radius 1 is 1.53 bits per heavy atom. The van der Waals surface area contributed by atoms with Gasteiger partial charge in [0.1, 0.15) is 0 Å². The van der Waals surface area contributed by atoms with Gasteiger partial charge in [-0.25, -0.2) is 0 Å². The Balaban J connectivity index is 1.80. The molecule has 0 aromatic carbocycles. The summed E-state index contributed by atoms with van der Waals surface area (Å²) in [5, 5.41) is 3.32. The molecule has 4 heteroatoms. The average molecular weight is 250 g/mol. The highest BCUT2D eigenvalue weighted by Crippen LogP contribution is 2.31. The maximum absolute atomic E-state index is 12.4. The van der Waals surface area contributed by atoms with Gasteiger partial charge in [-0.1, -0.05) is 0 Å². The number of carbonyl (C=O) groups is 1. The van der Waals surface area contributed by atoms with Crippen LogP contribution >= 0.6 is 11.3 Å². The Morgan fingerprint density at radius 3 is 3.18 bits per heavy atom. The molecule has 0 spiro atoms. The summed E-state index contributed by atoms with van der Waals surface area (Å²) in [4.78, 5) is 16.8. The molecule has 1 saturated heterocycles. The van der Waals surface area contributed by atoms with Gasteiger partial charge in [-0.05, 0) is 37.8 Å². The van der Waals surface area contributed by atoms with E-state index in [1.807, 2.05) is 4.90 Å². The van der Waals surface area contributed by atoms with Crippen molar-refractivity contribution in [3.8, 4) is 0 Å². The highest BCUT2D eigenvalue weighted by molar-refractivity contribution is 7.14. The third kappa shape index (κ3) is 2.00. The summed E-state index contributed by atoms with van der Waals surface area (Å²) in [5.41, 5.74) is 1.42. The number of nitrogens with zero attached hydrogens (tertiary/aromatic N) is 1. The van der Waals surface area contributed by atoms with Crippen molar-refractivity contribution in [2.45, 2.75) is 32.2 Å². The standard InChI is InChI=1S/C13H18N2OS/c1-9-8-14-5-6-15(9)13(16)12-7-10-3-2-4-11(10)17-12/h7,9,14H,2-6,8H2,1H3/t9-/m1/s1. The number of amides is 1. The van der Waals surface area contributed by atoms with Gasteiger partial charge in [0, 0.05) is 30.6 Å². The highest BCUT2D eigenvalue weighted by atomic mass is 32.1. The Bertz CT molecular complexity index is 419. The molecule has 1 fully saturated rings. The fourth-order valence-corrected chi connectivity index (χ4v) is 3.93. The predicted molar refractivity (Wildman–Crippen MR) is 69.7 cm³/mol. The number of nitrogens with one attached hydrogen (secondary N) is 1. The number of piperazine rings is 1. The zero-order valence-corrected chi connectivity index (χ0v) is 11.0. The van der Waals surface area contributed by atoms with E-state index in [0.29, 0.717) is 6.04 Å². The molecule has 1 N–H and O–H groups in total. The van der Waals surface area contributed by atoms with Crippen molar-refractivity contribution in [3.05, 3.63) is 21.4 Å². The predicted octanol–water partition coefficient (Wildman–Crippen LogP) is 1.67. The van der Waals surface area contributed by atoms with Gasteiger partial charge < -0.3 is 10.2 Å². The molecule has 2 heterocycles. The molecule has 17 heavy (non-hydrogen) atoms. The molecule has 0 bridgehead atoms.